The number of rotatable bonds is 5. The number of hydrogen-bond acceptors (Lipinski definition) is 2. The lowest BCUT2D eigenvalue weighted by Gasteiger charge is -2.24. The molecule has 1 N–H and O–H groups in total. The Balaban J connectivity index is 2.72. The van der Waals surface area contributed by atoms with E-state index in [2.05, 4.69) is 5.32 Å². The third kappa shape index (κ3) is 3.95. The van der Waals surface area contributed by atoms with Crippen LogP contribution in [0.4, 0.5) is 18.9 Å². The van der Waals surface area contributed by atoms with E-state index in [-0.39, 0.29) is 11.1 Å². The van der Waals surface area contributed by atoms with E-state index in [0.717, 1.165) is 6.07 Å². The van der Waals surface area contributed by atoms with Gasteiger partial charge in [0.15, 0.2) is 11.6 Å². The Kier molecular flexibility index (Phi) is 4.60. The van der Waals surface area contributed by atoms with Crippen LogP contribution in [0.3, 0.4) is 0 Å². The largest absolute Gasteiger partial charge is 0.382 e. The van der Waals surface area contributed by atoms with Crippen molar-refractivity contribution < 1.29 is 13.2 Å². The van der Waals surface area contributed by atoms with Crippen LogP contribution >= 0.6 is 0 Å². The number of anilines is 1. The molecule has 0 atom stereocenters. The monoisotopic (exact) mass is 256 g/mol. The van der Waals surface area contributed by atoms with E-state index in [1.165, 1.54) is 0 Å². The highest BCUT2D eigenvalue weighted by atomic mass is 19.2. The molecule has 0 heterocycles. The Hall–Kier alpha value is -1.70. The Morgan fingerprint density at radius 2 is 1.94 bits per heavy atom. The molecule has 0 aromatic heterocycles. The summed E-state index contributed by atoms with van der Waals surface area (Å²) in [6, 6.07) is 3.45. The Morgan fingerprint density at radius 1 is 1.28 bits per heavy atom. The van der Waals surface area contributed by atoms with Crippen molar-refractivity contribution in [2.24, 2.45) is 5.41 Å². The average molecular weight is 256 g/mol. The molecule has 0 aliphatic carbocycles. The molecule has 1 aromatic carbocycles. The zero-order valence-electron chi connectivity index (χ0n) is 10.4. The molecule has 0 saturated heterocycles. The number of benzene rings is 1. The van der Waals surface area contributed by atoms with Crippen LogP contribution in [-0.4, -0.2) is 6.54 Å². The molecular weight excluding hydrogens is 241 g/mol. The Labute approximate surface area is 104 Å². The minimum absolute atomic E-state index is 0.197. The van der Waals surface area contributed by atoms with Crippen LogP contribution in [0, 0.1) is 34.2 Å². The van der Waals surface area contributed by atoms with E-state index in [0.29, 0.717) is 25.5 Å². The van der Waals surface area contributed by atoms with Crippen LogP contribution in [0.25, 0.3) is 0 Å². The van der Waals surface area contributed by atoms with E-state index < -0.39 is 17.5 Å². The van der Waals surface area contributed by atoms with Crippen molar-refractivity contribution in [3.63, 3.8) is 0 Å². The van der Waals surface area contributed by atoms with Gasteiger partial charge in [0.2, 0.25) is 0 Å². The quantitative estimate of drug-likeness (QED) is 0.812. The van der Waals surface area contributed by atoms with Crippen LogP contribution in [0.2, 0.25) is 0 Å². The SMILES string of the molecule is CC(C)(CCC#N)CNc1cc(F)cc(F)c1F. The lowest BCUT2D eigenvalue weighted by atomic mass is 9.88. The summed E-state index contributed by atoms with van der Waals surface area (Å²) in [5, 5.41) is 11.2. The molecule has 18 heavy (non-hydrogen) atoms. The summed E-state index contributed by atoms with van der Waals surface area (Å²) < 4.78 is 39.3. The van der Waals surface area contributed by atoms with E-state index in [9.17, 15) is 13.2 Å². The molecule has 0 spiro atoms. The highest BCUT2D eigenvalue weighted by molar-refractivity contribution is 5.45. The maximum absolute atomic E-state index is 13.4. The maximum Gasteiger partial charge on any atom is 0.182 e. The first-order valence-electron chi connectivity index (χ1n) is 5.61. The van der Waals surface area contributed by atoms with Crippen molar-refractivity contribution in [1.82, 2.24) is 0 Å². The zero-order chi connectivity index (χ0) is 13.8. The summed E-state index contributed by atoms with van der Waals surface area (Å²) in [6.07, 6.45) is 1.00. The summed E-state index contributed by atoms with van der Waals surface area (Å²) in [7, 11) is 0. The molecule has 5 heteroatoms. The van der Waals surface area contributed by atoms with Gasteiger partial charge in [0.1, 0.15) is 5.82 Å². The summed E-state index contributed by atoms with van der Waals surface area (Å²) >= 11 is 0. The van der Waals surface area contributed by atoms with Crippen molar-refractivity contribution in [3.05, 3.63) is 29.6 Å². The second-order valence-corrected chi connectivity index (χ2v) is 4.93. The number of halogens is 3. The summed E-state index contributed by atoms with van der Waals surface area (Å²) in [4.78, 5) is 0. The van der Waals surface area contributed by atoms with Gasteiger partial charge in [-0.2, -0.15) is 5.26 Å². The first-order chi connectivity index (χ1) is 8.35. The number of nitriles is 1. The number of hydrogen-bond donors (Lipinski definition) is 1. The van der Waals surface area contributed by atoms with Crippen LogP contribution in [0.15, 0.2) is 12.1 Å². The predicted octanol–water partition coefficient (Wildman–Crippen LogP) is 3.85. The smallest absolute Gasteiger partial charge is 0.182 e. The first kappa shape index (κ1) is 14.4. The van der Waals surface area contributed by atoms with Gasteiger partial charge in [-0.1, -0.05) is 13.8 Å². The van der Waals surface area contributed by atoms with Gasteiger partial charge in [0.05, 0.1) is 11.8 Å². The van der Waals surface area contributed by atoms with Gasteiger partial charge < -0.3 is 5.32 Å². The lowest BCUT2D eigenvalue weighted by Crippen LogP contribution is -2.23. The summed E-state index contributed by atoms with van der Waals surface area (Å²) in [5.74, 6) is -3.13. The molecule has 0 aliphatic rings. The summed E-state index contributed by atoms with van der Waals surface area (Å²) in [6.45, 7) is 4.12. The predicted molar refractivity (Wildman–Crippen MR) is 63.4 cm³/mol. The minimum atomic E-state index is -1.22. The van der Waals surface area contributed by atoms with Gasteiger partial charge in [-0.05, 0) is 11.8 Å². The third-order valence-electron chi connectivity index (χ3n) is 2.66. The average Bonchev–Trinajstić information content (AvgIpc) is 2.29. The van der Waals surface area contributed by atoms with Gasteiger partial charge in [-0.25, -0.2) is 13.2 Å². The Morgan fingerprint density at radius 3 is 2.56 bits per heavy atom. The van der Waals surface area contributed by atoms with Gasteiger partial charge in [0.25, 0.3) is 0 Å². The van der Waals surface area contributed by atoms with Gasteiger partial charge in [-0.3, -0.25) is 0 Å². The first-order valence-corrected chi connectivity index (χ1v) is 5.61. The Bertz CT molecular complexity index is 464. The molecule has 0 fully saturated rings. The highest BCUT2D eigenvalue weighted by Crippen LogP contribution is 2.25. The van der Waals surface area contributed by atoms with E-state index >= 15 is 0 Å². The van der Waals surface area contributed by atoms with E-state index in [1.807, 2.05) is 19.9 Å². The van der Waals surface area contributed by atoms with Gasteiger partial charge in [0, 0.05) is 25.1 Å². The van der Waals surface area contributed by atoms with Crippen molar-refractivity contribution in [2.75, 3.05) is 11.9 Å². The van der Waals surface area contributed by atoms with Crippen LogP contribution in [0.1, 0.15) is 26.7 Å². The van der Waals surface area contributed by atoms with E-state index in [4.69, 9.17) is 5.26 Å². The topological polar surface area (TPSA) is 35.8 Å². The second-order valence-electron chi connectivity index (χ2n) is 4.93. The minimum Gasteiger partial charge on any atom is -0.382 e. The van der Waals surface area contributed by atoms with Crippen molar-refractivity contribution in [1.29, 1.82) is 5.26 Å². The fourth-order valence-electron chi connectivity index (χ4n) is 1.50. The lowest BCUT2D eigenvalue weighted by molar-refractivity contribution is 0.362. The number of nitrogens with one attached hydrogen (secondary N) is 1. The highest BCUT2D eigenvalue weighted by Gasteiger charge is 2.19. The maximum atomic E-state index is 13.4. The van der Waals surface area contributed by atoms with E-state index in [1.54, 1.807) is 0 Å². The fourth-order valence-corrected chi connectivity index (χ4v) is 1.50. The molecule has 0 bridgehead atoms. The summed E-state index contributed by atoms with van der Waals surface area (Å²) in [5.41, 5.74) is -0.456. The molecule has 2 nitrogen and oxygen atoms in total. The molecule has 0 saturated carbocycles. The zero-order valence-corrected chi connectivity index (χ0v) is 10.4. The van der Waals surface area contributed by atoms with Gasteiger partial charge >= 0.3 is 0 Å². The normalized spacial score (nSPS) is 11.1. The standard InChI is InChI=1S/C13H15F3N2/c1-13(2,4-3-5-17)8-18-11-7-9(14)6-10(15)12(11)16/h6-7,18H,3-4,8H2,1-2H3. The van der Waals surface area contributed by atoms with Gasteiger partial charge in [-0.15, -0.1) is 0 Å². The molecule has 0 radical (unpaired) electrons. The van der Waals surface area contributed by atoms with Crippen LogP contribution in [-0.2, 0) is 0 Å². The molecule has 1 aromatic rings. The molecular formula is C13H15F3N2. The van der Waals surface area contributed by atoms with Crippen molar-refractivity contribution in [2.45, 2.75) is 26.7 Å². The molecule has 98 valence electrons. The molecule has 0 amide bonds. The van der Waals surface area contributed by atoms with Crippen molar-refractivity contribution >= 4 is 5.69 Å². The van der Waals surface area contributed by atoms with Crippen LogP contribution in [0.5, 0.6) is 0 Å². The second kappa shape index (κ2) is 5.76. The molecule has 1 rings (SSSR count). The molecule has 0 unspecified atom stereocenters. The third-order valence-corrected chi connectivity index (χ3v) is 2.66. The number of nitrogens with zero attached hydrogens (tertiary/aromatic N) is 1. The van der Waals surface area contributed by atoms with Crippen molar-refractivity contribution in [3.8, 4) is 6.07 Å². The molecule has 0 aliphatic heterocycles. The fraction of sp³-hybridized carbons (Fsp3) is 0.462. The van der Waals surface area contributed by atoms with Crippen LogP contribution < -0.4 is 5.32 Å².